The van der Waals surface area contributed by atoms with Gasteiger partial charge in [-0.25, -0.2) is 0 Å². The van der Waals surface area contributed by atoms with Gasteiger partial charge < -0.3 is 10.4 Å². The molecule has 0 aromatic rings. The second-order valence-electron chi connectivity index (χ2n) is 3.60. The van der Waals surface area contributed by atoms with E-state index in [1.807, 2.05) is 11.9 Å². The summed E-state index contributed by atoms with van der Waals surface area (Å²) in [6, 6.07) is -0.150. The molecule has 1 atom stereocenters. The van der Waals surface area contributed by atoms with Crippen molar-refractivity contribution in [3.05, 3.63) is 0 Å². The lowest BCUT2D eigenvalue weighted by atomic mass is 10.0. The van der Waals surface area contributed by atoms with E-state index in [1.165, 1.54) is 0 Å². The number of aliphatic carboxylic acids is 1. The van der Waals surface area contributed by atoms with Crippen LogP contribution in [0.25, 0.3) is 0 Å². The van der Waals surface area contributed by atoms with Gasteiger partial charge in [0.1, 0.15) is 6.54 Å². The Balaban J connectivity index is 2.38. The van der Waals surface area contributed by atoms with Gasteiger partial charge in [-0.2, -0.15) is 0 Å². The number of nitrogens with one attached hydrogen (secondary N) is 1. The van der Waals surface area contributed by atoms with Gasteiger partial charge in [0.25, 0.3) is 0 Å². The lowest BCUT2D eigenvalue weighted by Crippen LogP contribution is -2.48. The Morgan fingerprint density at radius 1 is 1.50 bits per heavy atom. The highest BCUT2D eigenvalue weighted by molar-refractivity contribution is 5.85. The molecule has 0 radical (unpaired) electrons. The number of carbonyl (C=O) groups is 2. The Bertz CT molecular complexity index is 230. The molecule has 1 amide bonds. The summed E-state index contributed by atoms with van der Waals surface area (Å²) in [5, 5.41) is 10.8. The van der Waals surface area contributed by atoms with Crippen LogP contribution < -0.4 is 5.32 Å². The van der Waals surface area contributed by atoms with Crippen LogP contribution in [0.3, 0.4) is 0 Å². The average molecular weight is 200 g/mol. The summed E-state index contributed by atoms with van der Waals surface area (Å²) < 4.78 is 0. The zero-order valence-corrected chi connectivity index (χ0v) is 8.32. The number of carboxylic acids is 1. The molecule has 2 N–H and O–H groups in total. The van der Waals surface area contributed by atoms with Gasteiger partial charge in [-0.05, 0) is 26.4 Å². The van der Waals surface area contributed by atoms with Gasteiger partial charge in [-0.3, -0.25) is 14.5 Å². The first-order chi connectivity index (χ1) is 6.61. The number of nitrogens with zero attached hydrogens (tertiary/aromatic N) is 1. The Kier molecular flexibility index (Phi) is 3.88. The fourth-order valence-electron chi connectivity index (χ4n) is 1.69. The molecule has 0 aromatic heterocycles. The zero-order valence-electron chi connectivity index (χ0n) is 8.32. The highest BCUT2D eigenvalue weighted by Crippen LogP contribution is 2.14. The number of likely N-dealkylation sites (tertiary alicyclic amines) is 1. The predicted molar refractivity (Wildman–Crippen MR) is 50.9 cm³/mol. The zero-order chi connectivity index (χ0) is 10.6. The number of rotatable bonds is 3. The molecule has 0 bridgehead atoms. The van der Waals surface area contributed by atoms with Crippen LogP contribution in [0.1, 0.15) is 19.3 Å². The van der Waals surface area contributed by atoms with E-state index >= 15 is 0 Å². The van der Waals surface area contributed by atoms with Gasteiger partial charge in [0.15, 0.2) is 0 Å². The van der Waals surface area contributed by atoms with Crippen molar-refractivity contribution in [1.82, 2.24) is 10.2 Å². The maximum Gasteiger partial charge on any atom is 0.322 e. The van der Waals surface area contributed by atoms with Gasteiger partial charge >= 0.3 is 5.97 Å². The number of hydrogen-bond acceptors (Lipinski definition) is 3. The van der Waals surface area contributed by atoms with Crippen molar-refractivity contribution in [3.63, 3.8) is 0 Å². The van der Waals surface area contributed by atoms with Crippen molar-refractivity contribution in [2.24, 2.45) is 0 Å². The fraction of sp³-hybridized carbons (Fsp3) is 0.778. The van der Waals surface area contributed by atoms with E-state index in [4.69, 9.17) is 5.11 Å². The van der Waals surface area contributed by atoms with E-state index in [1.54, 1.807) is 0 Å². The van der Waals surface area contributed by atoms with E-state index in [0.717, 1.165) is 25.8 Å². The second-order valence-corrected chi connectivity index (χ2v) is 3.60. The molecule has 0 saturated carbocycles. The summed E-state index contributed by atoms with van der Waals surface area (Å²) in [6.07, 6.45) is 2.97. The molecule has 80 valence electrons. The maximum absolute atomic E-state index is 11.5. The summed E-state index contributed by atoms with van der Waals surface area (Å²) in [5.41, 5.74) is 0. The number of amides is 1. The second kappa shape index (κ2) is 4.95. The maximum atomic E-state index is 11.5. The van der Waals surface area contributed by atoms with Crippen molar-refractivity contribution in [3.8, 4) is 0 Å². The Labute approximate surface area is 83.1 Å². The third-order valence-corrected chi connectivity index (χ3v) is 2.49. The molecule has 5 heteroatoms. The minimum atomic E-state index is -1.00. The predicted octanol–water partition coefficient (Wildman–Crippen LogP) is -0.328. The minimum absolute atomic E-state index is 0.150. The van der Waals surface area contributed by atoms with Crippen LogP contribution in [0, 0.1) is 0 Å². The topological polar surface area (TPSA) is 69.6 Å². The standard InChI is InChI=1S/C9H16N2O3/c1-11-5-3-2-4-7(11)9(14)10-6-8(12)13/h7H,2-6H2,1H3,(H,10,14)(H,12,13). The molecule has 1 fully saturated rings. The monoisotopic (exact) mass is 200 g/mol. The first-order valence-electron chi connectivity index (χ1n) is 4.81. The van der Waals surface area contributed by atoms with Crippen LogP contribution in [0.5, 0.6) is 0 Å². The lowest BCUT2D eigenvalue weighted by molar-refractivity contribution is -0.139. The smallest absolute Gasteiger partial charge is 0.322 e. The van der Waals surface area contributed by atoms with E-state index in [9.17, 15) is 9.59 Å². The highest BCUT2D eigenvalue weighted by atomic mass is 16.4. The Morgan fingerprint density at radius 2 is 2.21 bits per heavy atom. The third-order valence-electron chi connectivity index (χ3n) is 2.49. The number of carboxylic acid groups (broad SMARTS) is 1. The first-order valence-corrected chi connectivity index (χ1v) is 4.81. The molecule has 0 aliphatic carbocycles. The number of hydrogen-bond donors (Lipinski definition) is 2. The number of piperidine rings is 1. The number of carbonyl (C=O) groups excluding carboxylic acids is 1. The molecule has 0 spiro atoms. The van der Waals surface area contributed by atoms with E-state index in [0.29, 0.717) is 0 Å². The quantitative estimate of drug-likeness (QED) is 0.654. The molecule has 1 rings (SSSR count). The summed E-state index contributed by atoms with van der Waals surface area (Å²) in [7, 11) is 1.89. The molecule has 1 saturated heterocycles. The molecule has 14 heavy (non-hydrogen) atoms. The average Bonchev–Trinajstić information content (AvgIpc) is 2.15. The molecule has 1 aliphatic heterocycles. The van der Waals surface area contributed by atoms with Gasteiger partial charge in [0.05, 0.1) is 6.04 Å². The van der Waals surface area contributed by atoms with Crippen molar-refractivity contribution < 1.29 is 14.7 Å². The van der Waals surface area contributed by atoms with Crippen molar-refractivity contribution in [1.29, 1.82) is 0 Å². The van der Waals surface area contributed by atoms with E-state index in [2.05, 4.69) is 5.32 Å². The molecule has 1 aliphatic rings. The largest absolute Gasteiger partial charge is 0.480 e. The van der Waals surface area contributed by atoms with E-state index < -0.39 is 5.97 Å². The summed E-state index contributed by atoms with van der Waals surface area (Å²) in [4.78, 5) is 23.7. The molecular formula is C9H16N2O3. The fourth-order valence-corrected chi connectivity index (χ4v) is 1.69. The summed E-state index contributed by atoms with van der Waals surface area (Å²) in [5.74, 6) is -1.17. The molecule has 0 aromatic carbocycles. The van der Waals surface area contributed by atoms with Crippen LogP contribution in [0.2, 0.25) is 0 Å². The lowest BCUT2D eigenvalue weighted by Gasteiger charge is -2.30. The normalized spacial score (nSPS) is 23.1. The van der Waals surface area contributed by atoms with Crippen LogP contribution >= 0.6 is 0 Å². The van der Waals surface area contributed by atoms with Crippen molar-refractivity contribution in [2.75, 3.05) is 20.1 Å². The summed E-state index contributed by atoms with van der Waals surface area (Å²) in [6.45, 7) is 0.619. The molecule has 5 nitrogen and oxygen atoms in total. The third kappa shape index (κ3) is 2.99. The number of likely N-dealkylation sites (N-methyl/N-ethyl adjacent to an activating group) is 1. The highest BCUT2D eigenvalue weighted by Gasteiger charge is 2.25. The van der Waals surface area contributed by atoms with Crippen molar-refractivity contribution in [2.45, 2.75) is 25.3 Å². The summed E-state index contributed by atoms with van der Waals surface area (Å²) >= 11 is 0. The van der Waals surface area contributed by atoms with Gasteiger partial charge in [-0.15, -0.1) is 0 Å². The molecule has 1 heterocycles. The Morgan fingerprint density at radius 3 is 2.79 bits per heavy atom. The Hall–Kier alpha value is -1.10. The molecular weight excluding hydrogens is 184 g/mol. The van der Waals surface area contributed by atoms with Crippen LogP contribution in [-0.2, 0) is 9.59 Å². The van der Waals surface area contributed by atoms with Gasteiger partial charge in [0, 0.05) is 0 Å². The van der Waals surface area contributed by atoms with Crippen LogP contribution in [-0.4, -0.2) is 48.1 Å². The minimum Gasteiger partial charge on any atom is -0.480 e. The van der Waals surface area contributed by atoms with Crippen LogP contribution in [0.15, 0.2) is 0 Å². The SMILES string of the molecule is CN1CCCCC1C(=O)NCC(=O)O. The van der Waals surface area contributed by atoms with Gasteiger partial charge in [0.2, 0.25) is 5.91 Å². The van der Waals surface area contributed by atoms with Gasteiger partial charge in [-0.1, -0.05) is 6.42 Å². The van der Waals surface area contributed by atoms with E-state index in [-0.39, 0.29) is 18.5 Å². The van der Waals surface area contributed by atoms with Crippen molar-refractivity contribution >= 4 is 11.9 Å². The first kappa shape index (κ1) is 11.0. The van der Waals surface area contributed by atoms with Crippen LogP contribution in [0.4, 0.5) is 0 Å². The molecule has 1 unspecified atom stereocenters.